The minimum absolute atomic E-state index is 0.170. The lowest BCUT2D eigenvalue weighted by molar-refractivity contribution is 0.153. The third kappa shape index (κ3) is 1.86. The molecule has 1 saturated heterocycles. The molecule has 0 radical (unpaired) electrons. The second-order valence-corrected chi connectivity index (χ2v) is 3.50. The highest BCUT2D eigenvalue weighted by Crippen LogP contribution is 2.26. The second kappa shape index (κ2) is 4.26. The molecule has 1 aromatic rings. The van der Waals surface area contributed by atoms with Crippen LogP contribution in [-0.4, -0.2) is 19.3 Å². The van der Waals surface area contributed by atoms with Gasteiger partial charge in [0, 0.05) is 0 Å². The molecule has 0 unspecified atom stereocenters. The van der Waals surface area contributed by atoms with Gasteiger partial charge in [-0.2, -0.15) is 0 Å². The van der Waals surface area contributed by atoms with Gasteiger partial charge in [0.05, 0.1) is 13.2 Å². The number of cyclic esters (lactones) is 1. The van der Waals surface area contributed by atoms with Crippen molar-refractivity contribution in [3.05, 3.63) is 42.5 Å². The molecule has 2 atom stereocenters. The SMILES string of the molecule is C=C[C@@H]1OC(=O)N[C@@H]1c1ccc(OC)cc1. The number of carbonyl (C=O) groups excluding carboxylic acids is 1. The summed E-state index contributed by atoms with van der Waals surface area (Å²) in [7, 11) is 1.61. The zero-order valence-electron chi connectivity index (χ0n) is 8.97. The number of nitrogens with one attached hydrogen (secondary N) is 1. The van der Waals surface area contributed by atoms with E-state index < -0.39 is 6.09 Å². The molecule has 1 amide bonds. The van der Waals surface area contributed by atoms with E-state index in [1.807, 2.05) is 24.3 Å². The molecule has 1 fully saturated rings. The smallest absolute Gasteiger partial charge is 0.408 e. The number of amides is 1. The summed E-state index contributed by atoms with van der Waals surface area (Å²) in [6, 6.07) is 7.32. The predicted molar refractivity (Wildman–Crippen MR) is 59.3 cm³/mol. The van der Waals surface area contributed by atoms with Crippen LogP contribution in [0.4, 0.5) is 4.79 Å². The fraction of sp³-hybridized carbons (Fsp3) is 0.250. The third-order valence-corrected chi connectivity index (χ3v) is 2.55. The number of carbonyl (C=O) groups is 1. The molecule has 84 valence electrons. The van der Waals surface area contributed by atoms with Gasteiger partial charge in [-0.1, -0.05) is 18.7 Å². The monoisotopic (exact) mass is 219 g/mol. The lowest BCUT2D eigenvalue weighted by Crippen LogP contribution is -2.21. The highest BCUT2D eigenvalue weighted by Gasteiger charge is 2.32. The van der Waals surface area contributed by atoms with E-state index in [2.05, 4.69) is 11.9 Å². The van der Waals surface area contributed by atoms with E-state index in [-0.39, 0.29) is 12.1 Å². The first-order valence-electron chi connectivity index (χ1n) is 4.98. The Kier molecular flexibility index (Phi) is 2.81. The Hall–Kier alpha value is -1.97. The molecule has 1 heterocycles. The largest absolute Gasteiger partial charge is 0.497 e. The summed E-state index contributed by atoms with van der Waals surface area (Å²) in [4.78, 5) is 11.1. The van der Waals surface area contributed by atoms with Crippen molar-refractivity contribution in [3.63, 3.8) is 0 Å². The Bertz CT molecular complexity index is 399. The number of benzene rings is 1. The van der Waals surface area contributed by atoms with E-state index in [1.165, 1.54) is 0 Å². The molecule has 0 aromatic heterocycles. The fourth-order valence-corrected chi connectivity index (χ4v) is 1.70. The maximum absolute atomic E-state index is 11.1. The normalized spacial score (nSPS) is 23.4. The Balaban J connectivity index is 2.22. The van der Waals surface area contributed by atoms with E-state index in [1.54, 1.807) is 13.2 Å². The molecule has 16 heavy (non-hydrogen) atoms. The van der Waals surface area contributed by atoms with Gasteiger partial charge in [-0.25, -0.2) is 4.79 Å². The van der Waals surface area contributed by atoms with Gasteiger partial charge in [-0.3, -0.25) is 0 Å². The van der Waals surface area contributed by atoms with Gasteiger partial charge >= 0.3 is 6.09 Å². The van der Waals surface area contributed by atoms with Crippen LogP contribution in [0.5, 0.6) is 5.75 Å². The van der Waals surface area contributed by atoms with Gasteiger partial charge in [-0.15, -0.1) is 0 Å². The van der Waals surface area contributed by atoms with E-state index in [0.717, 1.165) is 11.3 Å². The molecule has 4 nitrogen and oxygen atoms in total. The molecular weight excluding hydrogens is 206 g/mol. The van der Waals surface area contributed by atoms with Crippen molar-refractivity contribution in [2.45, 2.75) is 12.1 Å². The number of methoxy groups -OCH3 is 1. The van der Waals surface area contributed by atoms with Crippen LogP contribution in [0.15, 0.2) is 36.9 Å². The van der Waals surface area contributed by atoms with Crippen LogP contribution in [-0.2, 0) is 4.74 Å². The van der Waals surface area contributed by atoms with Crippen molar-refractivity contribution in [2.24, 2.45) is 0 Å². The molecule has 4 heteroatoms. The summed E-state index contributed by atoms with van der Waals surface area (Å²) >= 11 is 0. The van der Waals surface area contributed by atoms with Crippen LogP contribution in [0.1, 0.15) is 11.6 Å². The van der Waals surface area contributed by atoms with Crippen molar-refractivity contribution in [3.8, 4) is 5.75 Å². The minimum Gasteiger partial charge on any atom is -0.497 e. The van der Waals surface area contributed by atoms with E-state index in [0.29, 0.717) is 0 Å². The lowest BCUT2D eigenvalue weighted by atomic mass is 10.0. The first-order chi connectivity index (χ1) is 7.74. The Morgan fingerprint density at radius 3 is 2.69 bits per heavy atom. The average molecular weight is 219 g/mol. The summed E-state index contributed by atoms with van der Waals surface area (Å²) in [5.41, 5.74) is 0.969. The number of rotatable bonds is 3. The topological polar surface area (TPSA) is 47.6 Å². The first-order valence-corrected chi connectivity index (χ1v) is 4.98. The van der Waals surface area contributed by atoms with Crippen molar-refractivity contribution < 1.29 is 14.3 Å². The summed E-state index contributed by atoms with van der Waals surface area (Å²) in [5, 5.41) is 2.74. The van der Waals surface area contributed by atoms with E-state index in [9.17, 15) is 4.79 Å². The van der Waals surface area contributed by atoms with Crippen molar-refractivity contribution in [1.82, 2.24) is 5.32 Å². The molecule has 0 spiro atoms. The van der Waals surface area contributed by atoms with Crippen molar-refractivity contribution in [1.29, 1.82) is 0 Å². The zero-order valence-corrected chi connectivity index (χ0v) is 8.97. The lowest BCUT2D eigenvalue weighted by Gasteiger charge is -2.13. The molecule has 1 N–H and O–H groups in total. The molecule has 1 aromatic carbocycles. The van der Waals surface area contributed by atoms with Crippen LogP contribution in [0.25, 0.3) is 0 Å². The first kappa shape index (κ1) is 10.5. The summed E-state index contributed by atoms with van der Waals surface area (Å²) in [5.74, 6) is 0.782. The molecule has 0 aliphatic carbocycles. The van der Waals surface area contributed by atoms with Crippen LogP contribution in [0, 0.1) is 0 Å². The van der Waals surface area contributed by atoms with Gasteiger partial charge in [0.15, 0.2) is 0 Å². The fourth-order valence-electron chi connectivity index (χ4n) is 1.70. The molecule has 0 bridgehead atoms. The summed E-state index contributed by atoms with van der Waals surface area (Å²) in [6.45, 7) is 3.64. The quantitative estimate of drug-likeness (QED) is 0.791. The van der Waals surface area contributed by atoms with Crippen LogP contribution < -0.4 is 10.1 Å². The van der Waals surface area contributed by atoms with Gasteiger partial charge in [0.1, 0.15) is 11.9 Å². The maximum atomic E-state index is 11.1. The summed E-state index contributed by atoms with van der Waals surface area (Å²) in [6.07, 6.45) is 0.888. The second-order valence-electron chi connectivity index (χ2n) is 3.50. The number of alkyl carbamates (subject to hydrolysis) is 1. The molecule has 2 rings (SSSR count). The highest BCUT2D eigenvalue weighted by molar-refractivity contribution is 5.71. The molecular formula is C12H13NO3. The number of ether oxygens (including phenoxy) is 2. The van der Waals surface area contributed by atoms with Gasteiger partial charge in [0.2, 0.25) is 0 Å². The Labute approximate surface area is 93.9 Å². The van der Waals surface area contributed by atoms with Gasteiger partial charge < -0.3 is 14.8 Å². The Morgan fingerprint density at radius 2 is 2.12 bits per heavy atom. The zero-order chi connectivity index (χ0) is 11.5. The number of hydrogen-bond acceptors (Lipinski definition) is 3. The molecule has 0 saturated carbocycles. The molecule has 1 aliphatic rings. The Morgan fingerprint density at radius 1 is 1.44 bits per heavy atom. The highest BCUT2D eigenvalue weighted by atomic mass is 16.6. The summed E-state index contributed by atoms with van der Waals surface area (Å²) < 4.78 is 10.1. The number of hydrogen-bond donors (Lipinski definition) is 1. The standard InChI is InChI=1S/C12H13NO3/c1-3-10-11(13-12(14)16-10)8-4-6-9(15-2)7-5-8/h3-7,10-11H,1H2,2H3,(H,13,14)/t10-,11+/m0/s1. The average Bonchev–Trinajstić information content (AvgIpc) is 2.70. The molecule has 1 aliphatic heterocycles. The van der Waals surface area contributed by atoms with Crippen LogP contribution >= 0.6 is 0 Å². The van der Waals surface area contributed by atoms with Gasteiger partial charge in [-0.05, 0) is 23.8 Å². The van der Waals surface area contributed by atoms with Gasteiger partial charge in [0.25, 0.3) is 0 Å². The van der Waals surface area contributed by atoms with Crippen molar-refractivity contribution >= 4 is 6.09 Å². The van der Waals surface area contributed by atoms with Crippen LogP contribution in [0.3, 0.4) is 0 Å². The van der Waals surface area contributed by atoms with E-state index in [4.69, 9.17) is 9.47 Å². The minimum atomic E-state index is -0.411. The van der Waals surface area contributed by atoms with E-state index >= 15 is 0 Å². The maximum Gasteiger partial charge on any atom is 0.408 e. The third-order valence-electron chi connectivity index (χ3n) is 2.55. The van der Waals surface area contributed by atoms with Crippen LogP contribution in [0.2, 0.25) is 0 Å². The predicted octanol–water partition coefficient (Wildman–Crippen LogP) is 2.03. The van der Waals surface area contributed by atoms with Crippen molar-refractivity contribution in [2.75, 3.05) is 7.11 Å².